The third kappa shape index (κ3) is 4.40. The number of aliphatic imine (C=N–C) groups is 1. The zero-order valence-corrected chi connectivity index (χ0v) is 16.2. The highest BCUT2D eigenvalue weighted by atomic mass is 16.6. The van der Waals surface area contributed by atoms with Crippen LogP contribution in [-0.4, -0.2) is 22.7 Å². The number of carbonyl (C=O) groups is 2. The van der Waals surface area contributed by atoms with Crippen LogP contribution in [0, 0.1) is 10.1 Å². The number of nitrogens with zero attached hydrogens (tertiary/aromatic N) is 2. The Balaban J connectivity index is 1.53. The van der Waals surface area contributed by atoms with Crippen molar-refractivity contribution < 1.29 is 23.7 Å². The van der Waals surface area contributed by atoms with Crippen LogP contribution in [-0.2, 0) is 14.3 Å². The Hall–Kier alpha value is -4.53. The minimum Gasteiger partial charge on any atom is -0.457 e. The van der Waals surface area contributed by atoms with Gasteiger partial charge in [0, 0.05) is 41.9 Å². The summed E-state index contributed by atoms with van der Waals surface area (Å²) < 4.78 is 10.9. The summed E-state index contributed by atoms with van der Waals surface area (Å²) in [5, 5.41) is 13.4. The van der Waals surface area contributed by atoms with Gasteiger partial charge in [0.2, 0.25) is 11.8 Å². The van der Waals surface area contributed by atoms with Crippen molar-refractivity contribution in [2.24, 2.45) is 4.99 Å². The largest absolute Gasteiger partial charge is 0.457 e. The SMILES string of the molecule is CC(=O)Nc1ccc(C2=NC(=Cc3ccc(-c4ccc([N+](=O)[O-])cc4)o3)C(=O)O2)cc1. The second-order valence-electron chi connectivity index (χ2n) is 6.60. The molecule has 2 aromatic carbocycles. The number of anilines is 1. The first-order valence-electron chi connectivity index (χ1n) is 9.14. The summed E-state index contributed by atoms with van der Waals surface area (Å²) in [6, 6.07) is 16.0. The van der Waals surface area contributed by atoms with Gasteiger partial charge in [-0.2, -0.15) is 0 Å². The van der Waals surface area contributed by atoms with E-state index in [1.807, 2.05) is 0 Å². The van der Waals surface area contributed by atoms with E-state index in [4.69, 9.17) is 9.15 Å². The summed E-state index contributed by atoms with van der Waals surface area (Å²) in [7, 11) is 0. The maximum Gasteiger partial charge on any atom is 0.363 e. The van der Waals surface area contributed by atoms with Gasteiger partial charge in [-0.15, -0.1) is 0 Å². The summed E-state index contributed by atoms with van der Waals surface area (Å²) in [6.45, 7) is 1.41. The van der Waals surface area contributed by atoms with Gasteiger partial charge in [0.25, 0.3) is 5.69 Å². The molecule has 9 heteroatoms. The molecule has 1 aliphatic heterocycles. The molecule has 3 aromatic rings. The monoisotopic (exact) mass is 417 g/mol. The lowest BCUT2D eigenvalue weighted by Gasteiger charge is -2.03. The van der Waals surface area contributed by atoms with Crippen molar-refractivity contribution in [3.63, 3.8) is 0 Å². The van der Waals surface area contributed by atoms with Crippen molar-refractivity contribution in [3.05, 3.63) is 87.8 Å². The van der Waals surface area contributed by atoms with Crippen molar-refractivity contribution in [3.8, 4) is 11.3 Å². The summed E-state index contributed by atoms with van der Waals surface area (Å²) in [5.74, 6) is 0.216. The number of amides is 1. The van der Waals surface area contributed by atoms with Crippen LogP contribution < -0.4 is 5.32 Å². The fourth-order valence-electron chi connectivity index (χ4n) is 2.90. The van der Waals surface area contributed by atoms with Gasteiger partial charge >= 0.3 is 5.97 Å². The molecule has 0 fully saturated rings. The number of rotatable bonds is 5. The van der Waals surface area contributed by atoms with Crippen LogP contribution in [0.3, 0.4) is 0 Å². The Kier molecular flexibility index (Phi) is 5.15. The molecule has 1 amide bonds. The minimum atomic E-state index is -0.616. The van der Waals surface area contributed by atoms with Crippen LogP contribution >= 0.6 is 0 Å². The lowest BCUT2D eigenvalue weighted by molar-refractivity contribution is -0.384. The molecule has 0 unspecified atom stereocenters. The number of non-ortho nitro benzene ring substituents is 1. The lowest BCUT2D eigenvalue weighted by atomic mass is 10.1. The van der Waals surface area contributed by atoms with Gasteiger partial charge in [0.05, 0.1) is 4.92 Å². The van der Waals surface area contributed by atoms with Crippen molar-refractivity contribution in [1.82, 2.24) is 0 Å². The van der Waals surface area contributed by atoms with Gasteiger partial charge in [0.1, 0.15) is 11.5 Å². The standard InChI is InChI=1S/C22H15N3O6/c1-13(26)23-16-6-2-15(3-7-16)21-24-19(22(27)31-21)12-18-10-11-20(30-18)14-4-8-17(9-5-14)25(28)29/h2-12H,1H3,(H,23,26). The number of furan rings is 1. The predicted molar refractivity (Wildman–Crippen MR) is 112 cm³/mol. The van der Waals surface area contributed by atoms with Gasteiger partial charge in [-0.3, -0.25) is 14.9 Å². The molecule has 1 N–H and O–H groups in total. The fourth-order valence-corrected chi connectivity index (χ4v) is 2.90. The van der Waals surface area contributed by atoms with Crippen molar-refractivity contribution >= 4 is 35.2 Å². The number of esters is 1. The molecule has 0 saturated carbocycles. The first-order valence-corrected chi connectivity index (χ1v) is 9.14. The highest BCUT2D eigenvalue weighted by molar-refractivity contribution is 6.12. The number of nitro benzene ring substituents is 1. The van der Waals surface area contributed by atoms with E-state index in [2.05, 4.69) is 10.3 Å². The topological polar surface area (TPSA) is 124 Å². The van der Waals surface area contributed by atoms with E-state index in [1.165, 1.54) is 25.1 Å². The van der Waals surface area contributed by atoms with E-state index in [1.54, 1.807) is 48.5 Å². The van der Waals surface area contributed by atoms with Crippen LogP contribution in [0.4, 0.5) is 11.4 Å². The highest BCUT2D eigenvalue weighted by Gasteiger charge is 2.24. The quantitative estimate of drug-likeness (QED) is 0.288. The Bertz CT molecular complexity index is 1240. The molecule has 1 aromatic heterocycles. The van der Waals surface area contributed by atoms with E-state index >= 15 is 0 Å². The van der Waals surface area contributed by atoms with Crippen LogP contribution in [0.1, 0.15) is 18.2 Å². The number of benzene rings is 2. The van der Waals surface area contributed by atoms with Gasteiger partial charge in [-0.25, -0.2) is 9.79 Å². The maximum absolute atomic E-state index is 12.2. The lowest BCUT2D eigenvalue weighted by Crippen LogP contribution is -2.07. The van der Waals surface area contributed by atoms with E-state index < -0.39 is 10.9 Å². The second kappa shape index (κ2) is 8.07. The molecule has 0 bridgehead atoms. The highest BCUT2D eigenvalue weighted by Crippen LogP contribution is 2.27. The van der Waals surface area contributed by atoms with Gasteiger partial charge < -0.3 is 14.5 Å². The van der Waals surface area contributed by atoms with Gasteiger partial charge in [-0.1, -0.05) is 0 Å². The van der Waals surface area contributed by atoms with E-state index in [-0.39, 0.29) is 23.2 Å². The van der Waals surface area contributed by atoms with Gasteiger partial charge in [-0.05, 0) is 48.5 Å². The summed E-state index contributed by atoms with van der Waals surface area (Å²) in [4.78, 5) is 37.8. The molecule has 0 saturated heterocycles. The molecule has 0 atom stereocenters. The molecule has 4 rings (SSSR count). The molecule has 31 heavy (non-hydrogen) atoms. The first-order chi connectivity index (χ1) is 14.9. The Morgan fingerprint density at radius 3 is 2.35 bits per heavy atom. The summed E-state index contributed by atoms with van der Waals surface area (Å²) >= 11 is 0. The van der Waals surface area contributed by atoms with Crippen LogP contribution in [0.25, 0.3) is 17.4 Å². The zero-order valence-electron chi connectivity index (χ0n) is 16.2. The van der Waals surface area contributed by atoms with Crippen molar-refractivity contribution in [2.75, 3.05) is 5.32 Å². The third-order valence-corrected chi connectivity index (χ3v) is 4.34. The maximum atomic E-state index is 12.2. The Morgan fingerprint density at radius 2 is 1.71 bits per heavy atom. The Morgan fingerprint density at radius 1 is 1.03 bits per heavy atom. The first kappa shape index (κ1) is 19.8. The number of ether oxygens (including phenoxy) is 1. The molecule has 1 aliphatic rings. The summed E-state index contributed by atoms with van der Waals surface area (Å²) in [6.07, 6.45) is 1.45. The van der Waals surface area contributed by atoms with Crippen molar-refractivity contribution in [2.45, 2.75) is 6.92 Å². The van der Waals surface area contributed by atoms with Gasteiger partial charge in [0.15, 0.2) is 5.70 Å². The Labute approximate surface area is 175 Å². The average Bonchev–Trinajstić information content (AvgIpc) is 3.35. The van der Waals surface area contributed by atoms with E-state index in [0.717, 1.165) is 0 Å². The normalized spacial score (nSPS) is 14.3. The molecular weight excluding hydrogens is 402 g/mol. The molecule has 0 radical (unpaired) electrons. The number of carbonyl (C=O) groups excluding carboxylic acids is 2. The number of nitro groups is 1. The molecule has 0 aliphatic carbocycles. The number of nitrogens with one attached hydrogen (secondary N) is 1. The number of hydrogen-bond donors (Lipinski definition) is 1. The fraction of sp³-hybridized carbons (Fsp3) is 0.0455. The van der Waals surface area contributed by atoms with E-state index in [0.29, 0.717) is 28.3 Å². The molecule has 9 nitrogen and oxygen atoms in total. The number of cyclic esters (lactones) is 1. The predicted octanol–water partition coefficient (Wildman–Crippen LogP) is 4.16. The number of hydrogen-bond acceptors (Lipinski definition) is 7. The molecule has 2 heterocycles. The molecule has 0 spiro atoms. The second-order valence-corrected chi connectivity index (χ2v) is 6.60. The summed E-state index contributed by atoms with van der Waals surface area (Å²) in [5.41, 5.74) is 1.92. The smallest absolute Gasteiger partial charge is 0.363 e. The van der Waals surface area contributed by atoms with Crippen LogP contribution in [0.2, 0.25) is 0 Å². The molecular formula is C22H15N3O6. The third-order valence-electron chi connectivity index (χ3n) is 4.34. The van der Waals surface area contributed by atoms with Crippen LogP contribution in [0.15, 0.2) is 75.8 Å². The average molecular weight is 417 g/mol. The van der Waals surface area contributed by atoms with Crippen molar-refractivity contribution in [1.29, 1.82) is 0 Å². The van der Waals surface area contributed by atoms with E-state index in [9.17, 15) is 19.7 Å². The molecule has 154 valence electrons. The minimum absolute atomic E-state index is 0.0154. The zero-order chi connectivity index (χ0) is 22.0. The van der Waals surface area contributed by atoms with Crippen LogP contribution in [0.5, 0.6) is 0 Å².